The van der Waals surface area contributed by atoms with Gasteiger partial charge in [0, 0.05) is 35.4 Å². The second-order valence-corrected chi connectivity index (χ2v) is 6.21. The normalized spacial score (nSPS) is 18.7. The van der Waals surface area contributed by atoms with Crippen LogP contribution in [0.1, 0.15) is 6.92 Å². The summed E-state index contributed by atoms with van der Waals surface area (Å²) in [6, 6.07) is 7.51. The number of benzene rings is 1. The lowest BCUT2D eigenvalue weighted by Crippen LogP contribution is -2.46. The molecule has 3 N–H and O–H groups in total. The van der Waals surface area contributed by atoms with Crippen molar-refractivity contribution in [3.8, 4) is 0 Å². The Hall–Kier alpha value is -1.56. The van der Waals surface area contributed by atoms with Crippen LogP contribution in [0.4, 0.5) is 11.4 Å². The largest absolute Gasteiger partial charge is 0.381 e. The Morgan fingerprint density at radius 2 is 2.16 bits per heavy atom. The van der Waals surface area contributed by atoms with Crippen LogP contribution in [0.2, 0.25) is 0 Å². The van der Waals surface area contributed by atoms with Gasteiger partial charge >= 0.3 is 0 Å². The van der Waals surface area contributed by atoms with Crippen LogP contribution in [0.15, 0.2) is 24.3 Å². The van der Waals surface area contributed by atoms with Gasteiger partial charge in [0.05, 0.1) is 11.4 Å². The molecule has 104 valence electrons. The van der Waals surface area contributed by atoms with Gasteiger partial charge in [-0.05, 0) is 12.1 Å². The van der Waals surface area contributed by atoms with Crippen LogP contribution in [-0.2, 0) is 15.6 Å². The molecule has 2 unspecified atom stereocenters. The zero-order valence-corrected chi connectivity index (χ0v) is 11.8. The van der Waals surface area contributed by atoms with Crippen LogP contribution in [0.5, 0.6) is 0 Å². The quantitative estimate of drug-likeness (QED) is 0.746. The summed E-state index contributed by atoms with van der Waals surface area (Å²) in [5, 5.41) is 9.23. The molecule has 1 aromatic rings. The van der Waals surface area contributed by atoms with E-state index in [0.29, 0.717) is 24.6 Å². The Kier molecular flexibility index (Phi) is 4.79. The summed E-state index contributed by atoms with van der Waals surface area (Å²) in [6.45, 7) is 2.89. The molecule has 0 spiro atoms. The summed E-state index contributed by atoms with van der Waals surface area (Å²) in [7, 11) is -0.835. The smallest absolute Gasteiger partial charge is 0.244 e. The fourth-order valence-electron chi connectivity index (χ4n) is 1.93. The Balaban J connectivity index is 1.83. The molecule has 1 heterocycles. The molecule has 0 radical (unpaired) electrons. The van der Waals surface area contributed by atoms with Crippen LogP contribution in [0, 0.1) is 0 Å². The lowest BCUT2D eigenvalue weighted by atomic mass is 10.1. The molecule has 1 aliphatic rings. The molecule has 0 saturated heterocycles. The van der Waals surface area contributed by atoms with Crippen molar-refractivity contribution < 1.29 is 9.00 Å². The van der Waals surface area contributed by atoms with Crippen molar-refractivity contribution in [3.63, 3.8) is 0 Å². The number of amides is 1. The minimum atomic E-state index is -0.835. The van der Waals surface area contributed by atoms with Gasteiger partial charge in [-0.1, -0.05) is 19.1 Å². The molecule has 0 aromatic heterocycles. The van der Waals surface area contributed by atoms with Crippen molar-refractivity contribution >= 4 is 28.1 Å². The highest BCUT2D eigenvalue weighted by Crippen LogP contribution is 2.24. The van der Waals surface area contributed by atoms with Gasteiger partial charge in [0.15, 0.2) is 0 Å². The fourth-order valence-corrected chi connectivity index (χ4v) is 2.55. The van der Waals surface area contributed by atoms with Crippen LogP contribution in [-0.4, -0.2) is 40.8 Å². The number of para-hydroxylation sites is 2. The van der Waals surface area contributed by atoms with Crippen molar-refractivity contribution in [2.24, 2.45) is 0 Å². The average Bonchev–Trinajstić information content (AvgIpc) is 2.46. The Morgan fingerprint density at radius 1 is 1.42 bits per heavy atom. The number of hydrogen-bond acceptors (Lipinski definition) is 4. The first kappa shape index (κ1) is 13.9. The minimum Gasteiger partial charge on any atom is -0.381 e. The van der Waals surface area contributed by atoms with E-state index in [-0.39, 0.29) is 11.9 Å². The molecule has 1 amide bonds. The van der Waals surface area contributed by atoms with E-state index in [9.17, 15) is 9.00 Å². The van der Waals surface area contributed by atoms with Gasteiger partial charge < -0.3 is 16.0 Å². The average molecular weight is 281 g/mol. The van der Waals surface area contributed by atoms with E-state index in [2.05, 4.69) is 16.0 Å². The predicted octanol–water partition coefficient (Wildman–Crippen LogP) is 0.777. The van der Waals surface area contributed by atoms with Crippen molar-refractivity contribution in [1.82, 2.24) is 5.32 Å². The summed E-state index contributed by atoms with van der Waals surface area (Å²) in [5.74, 6) is 1.08. The van der Waals surface area contributed by atoms with Gasteiger partial charge in [-0.3, -0.25) is 9.00 Å². The third-order valence-electron chi connectivity index (χ3n) is 3.02. The van der Waals surface area contributed by atoms with E-state index in [0.717, 1.165) is 11.4 Å². The minimum absolute atomic E-state index is 0.0601. The van der Waals surface area contributed by atoms with E-state index in [4.69, 9.17) is 0 Å². The first-order chi connectivity index (χ1) is 9.20. The molecular formula is C13H19N3O2S. The molecule has 19 heavy (non-hydrogen) atoms. The molecular weight excluding hydrogens is 262 g/mol. The van der Waals surface area contributed by atoms with E-state index < -0.39 is 10.8 Å². The number of nitrogens with one attached hydrogen (secondary N) is 3. The maximum atomic E-state index is 12.0. The number of anilines is 2. The van der Waals surface area contributed by atoms with Gasteiger partial charge in [-0.15, -0.1) is 0 Å². The van der Waals surface area contributed by atoms with Crippen molar-refractivity contribution in [2.45, 2.75) is 13.0 Å². The van der Waals surface area contributed by atoms with E-state index in [1.165, 1.54) is 0 Å². The van der Waals surface area contributed by atoms with E-state index in [1.54, 1.807) is 0 Å². The van der Waals surface area contributed by atoms with Gasteiger partial charge in [0.2, 0.25) is 5.91 Å². The van der Waals surface area contributed by atoms with Crippen LogP contribution in [0.25, 0.3) is 0 Å². The lowest BCUT2D eigenvalue weighted by molar-refractivity contribution is -0.121. The maximum absolute atomic E-state index is 12.0. The summed E-state index contributed by atoms with van der Waals surface area (Å²) in [4.78, 5) is 12.0. The standard InChI is InChI=1S/C13H19N3O2S/c1-2-19(18)8-7-14-13(17)12-9-15-10-5-3-4-6-11(10)16-12/h3-6,12,15-16H,2,7-9H2,1H3,(H,14,17). The summed E-state index contributed by atoms with van der Waals surface area (Å²) < 4.78 is 11.3. The Morgan fingerprint density at radius 3 is 2.89 bits per heavy atom. The molecule has 2 atom stereocenters. The monoisotopic (exact) mass is 281 g/mol. The molecule has 0 bridgehead atoms. The van der Waals surface area contributed by atoms with E-state index in [1.807, 2.05) is 31.2 Å². The molecule has 1 aromatic carbocycles. The van der Waals surface area contributed by atoms with Gasteiger partial charge in [0.25, 0.3) is 0 Å². The number of carbonyl (C=O) groups excluding carboxylic acids is 1. The van der Waals surface area contributed by atoms with Crippen molar-refractivity contribution in [2.75, 3.05) is 35.2 Å². The highest BCUT2D eigenvalue weighted by Gasteiger charge is 2.22. The second-order valence-electron chi connectivity index (χ2n) is 4.35. The highest BCUT2D eigenvalue weighted by atomic mass is 32.2. The predicted molar refractivity (Wildman–Crippen MR) is 78.9 cm³/mol. The maximum Gasteiger partial charge on any atom is 0.244 e. The summed E-state index contributed by atoms with van der Waals surface area (Å²) >= 11 is 0. The molecule has 2 rings (SSSR count). The topological polar surface area (TPSA) is 70.2 Å². The Labute approximate surface area is 115 Å². The van der Waals surface area contributed by atoms with Crippen LogP contribution in [0.3, 0.4) is 0 Å². The highest BCUT2D eigenvalue weighted by molar-refractivity contribution is 7.84. The van der Waals surface area contributed by atoms with Crippen LogP contribution < -0.4 is 16.0 Å². The molecule has 5 nitrogen and oxygen atoms in total. The Bertz CT molecular complexity index is 479. The van der Waals surface area contributed by atoms with Crippen molar-refractivity contribution in [1.29, 1.82) is 0 Å². The molecule has 6 heteroatoms. The van der Waals surface area contributed by atoms with Crippen LogP contribution >= 0.6 is 0 Å². The number of rotatable bonds is 5. The van der Waals surface area contributed by atoms with Crippen molar-refractivity contribution in [3.05, 3.63) is 24.3 Å². The summed E-state index contributed by atoms with van der Waals surface area (Å²) in [5.41, 5.74) is 1.95. The molecule has 0 fully saturated rings. The molecule has 0 aliphatic carbocycles. The number of hydrogen-bond donors (Lipinski definition) is 3. The fraction of sp³-hybridized carbons (Fsp3) is 0.462. The first-order valence-corrected chi connectivity index (χ1v) is 7.91. The number of fused-ring (bicyclic) bond motifs is 1. The SMILES string of the molecule is CCS(=O)CCNC(=O)C1CNc2ccccc2N1. The molecule has 0 saturated carbocycles. The summed E-state index contributed by atoms with van der Waals surface area (Å²) in [6.07, 6.45) is 0. The first-order valence-electron chi connectivity index (χ1n) is 6.43. The van der Waals surface area contributed by atoms with E-state index >= 15 is 0 Å². The third kappa shape index (κ3) is 3.70. The van der Waals surface area contributed by atoms with Gasteiger partial charge in [-0.2, -0.15) is 0 Å². The zero-order chi connectivity index (χ0) is 13.7. The lowest BCUT2D eigenvalue weighted by Gasteiger charge is -2.27. The van der Waals surface area contributed by atoms with Gasteiger partial charge in [-0.25, -0.2) is 0 Å². The third-order valence-corrected chi connectivity index (χ3v) is 4.32. The molecule has 1 aliphatic heterocycles. The zero-order valence-electron chi connectivity index (χ0n) is 10.9. The second kappa shape index (κ2) is 6.56. The van der Waals surface area contributed by atoms with Gasteiger partial charge in [0.1, 0.15) is 6.04 Å². The number of carbonyl (C=O) groups is 1.